The van der Waals surface area contributed by atoms with E-state index in [2.05, 4.69) is 30.6 Å². The monoisotopic (exact) mass is 392 g/mol. The molecule has 1 amide bonds. The van der Waals surface area contributed by atoms with Crippen molar-refractivity contribution in [2.24, 2.45) is 0 Å². The molecule has 1 aliphatic rings. The molecule has 29 heavy (non-hydrogen) atoms. The molecule has 3 N–H and O–H groups in total. The first-order valence-corrected chi connectivity index (χ1v) is 9.82. The molecular weight excluding hydrogens is 368 g/mol. The second-order valence-corrected chi connectivity index (χ2v) is 7.48. The number of hydrogen-bond acceptors (Lipinski definition) is 7. The van der Waals surface area contributed by atoms with Crippen molar-refractivity contribution in [2.45, 2.75) is 51.7 Å². The van der Waals surface area contributed by atoms with E-state index in [1.165, 1.54) is 0 Å². The van der Waals surface area contributed by atoms with Crippen LogP contribution in [0.4, 0.5) is 11.8 Å². The van der Waals surface area contributed by atoms with E-state index in [4.69, 9.17) is 0 Å². The molecule has 8 nitrogen and oxygen atoms in total. The number of aromatic nitrogens is 4. The van der Waals surface area contributed by atoms with Crippen molar-refractivity contribution in [3.63, 3.8) is 0 Å². The van der Waals surface area contributed by atoms with Crippen LogP contribution >= 0.6 is 0 Å². The summed E-state index contributed by atoms with van der Waals surface area (Å²) in [4.78, 5) is 30.4. The highest BCUT2D eigenvalue weighted by Gasteiger charge is 2.20. The van der Waals surface area contributed by atoms with Gasteiger partial charge in [0.15, 0.2) is 0 Å². The first-order valence-electron chi connectivity index (χ1n) is 9.82. The Morgan fingerprint density at radius 3 is 2.66 bits per heavy atom. The van der Waals surface area contributed by atoms with Crippen molar-refractivity contribution in [1.82, 2.24) is 19.9 Å². The summed E-state index contributed by atoms with van der Waals surface area (Å²) in [7, 11) is 0. The van der Waals surface area contributed by atoms with E-state index >= 15 is 0 Å². The van der Waals surface area contributed by atoms with E-state index < -0.39 is 0 Å². The van der Waals surface area contributed by atoms with Gasteiger partial charge in [-0.15, -0.1) is 0 Å². The van der Waals surface area contributed by atoms with Crippen molar-refractivity contribution >= 4 is 28.6 Å². The van der Waals surface area contributed by atoms with Crippen molar-refractivity contribution in [3.8, 4) is 0 Å². The molecule has 1 aliphatic carbocycles. The summed E-state index contributed by atoms with van der Waals surface area (Å²) in [6, 6.07) is 7.39. The number of carbonyl (C=O) groups is 1. The van der Waals surface area contributed by atoms with E-state index in [-0.39, 0.29) is 18.1 Å². The van der Waals surface area contributed by atoms with Crippen LogP contribution in [0.5, 0.6) is 0 Å². The standard InChI is InChI=1S/C21H24N6O2/c1-12-10-18(24-13(2)23-12)26-20(29)17-5-3-4-14-11-22-21(27-19(14)17)25-15-6-8-16(28)9-7-15/h3-5,10-11,15-16,28H,6-9H2,1-2H3,(H,22,25,27)(H,23,24,26,29)/t15-,16-. The summed E-state index contributed by atoms with van der Waals surface area (Å²) in [6.07, 6.45) is 4.80. The van der Waals surface area contributed by atoms with Gasteiger partial charge in [-0.2, -0.15) is 0 Å². The Morgan fingerprint density at radius 2 is 1.90 bits per heavy atom. The van der Waals surface area contributed by atoms with E-state index in [9.17, 15) is 9.90 Å². The molecule has 4 rings (SSSR count). The Labute approximate surface area is 168 Å². The van der Waals surface area contributed by atoms with Gasteiger partial charge in [-0.3, -0.25) is 4.79 Å². The van der Waals surface area contributed by atoms with Crippen LogP contribution in [0.15, 0.2) is 30.5 Å². The Kier molecular flexibility index (Phi) is 5.35. The lowest BCUT2D eigenvalue weighted by molar-refractivity contribution is 0.102. The minimum atomic E-state index is -0.279. The summed E-state index contributed by atoms with van der Waals surface area (Å²) in [5, 5.41) is 16.6. The number of amides is 1. The van der Waals surface area contributed by atoms with E-state index in [1.54, 1.807) is 25.3 Å². The number of aliphatic hydroxyl groups excluding tert-OH is 1. The number of para-hydroxylation sites is 1. The fourth-order valence-corrected chi connectivity index (χ4v) is 3.68. The third kappa shape index (κ3) is 4.48. The Balaban J connectivity index is 1.59. The normalized spacial score (nSPS) is 19.1. The van der Waals surface area contributed by atoms with Crippen molar-refractivity contribution in [1.29, 1.82) is 0 Å². The van der Waals surface area contributed by atoms with Crippen LogP contribution in [0.3, 0.4) is 0 Å². The average Bonchev–Trinajstić information content (AvgIpc) is 2.68. The average molecular weight is 392 g/mol. The molecule has 0 aliphatic heterocycles. The summed E-state index contributed by atoms with van der Waals surface area (Å²) < 4.78 is 0. The lowest BCUT2D eigenvalue weighted by Crippen LogP contribution is -2.29. The zero-order chi connectivity index (χ0) is 20.4. The SMILES string of the molecule is Cc1cc(NC(=O)c2cccc3cnc(N[C@H]4CC[C@H](O)CC4)nc23)nc(C)n1. The predicted molar refractivity (Wildman–Crippen MR) is 111 cm³/mol. The Bertz CT molecular complexity index is 1030. The second kappa shape index (κ2) is 8.08. The Morgan fingerprint density at radius 1 is 1.10 bits per heavy atom. The molecule has 1 saturated carbocycles. The highest BCUT2D eigenvalue weighted by molar-refractivity contribution is 6.11. The predicted octanol–water partition coefficient (Wildman–Crippen LogP) is 3.00. The van der Waals surface area contributed by atoms with Gasteiger partial charge in [-0.1, -0.05) is 12.1 Å². The van der Waals surface area contributed by atoms with Gasteiger partial charge in [-0.25, -0.2) is 19.9 Å². The van der Waals surface area contributed by atoms with Crippen molar-refractivity contribution in [3.05, 3.63) is 47.5 Å². The molecule has 8 heteroatoms. The molecule has 0 bridgehead atoms. The number of benzene rings is 1. The first kappa shape index (κ1) is 19.2. The molecule has 0 radical (unpaired) electrons. The summed E-state index contributed by atoms with van der Waals surface area (Å²) in [5.74, 6) is 1.28. The highest BCUT2D eigenvalue weighted by atomic mass is 16.3. The fourth-order valence-electron chi connectivity index (χ4n) is 3.68. The van der Waals surface area contributed by atoms with Gasteiger partial charge in [0.1, 0.15) is 11.6 Å². The fraction of sp³-hybridized carbons (Fsp3) is 0.381. The van der Waals surface area contributed by atoms with Crippen LogP contribution in [0.2, 0.25) is 0 Å². The van der Waals surface area contributed by atoms with Gasteiger partial charge in [0.2, 0.25) is 5.95 Å². The van der Waals surface area contributed by atoms with E-state index in [1.807, 2.05) is 19.1 Å². The summed E-state index contributed by atoms with van der Waals surface area (Å²) in [6.45, 7) is 3.65. The molecular formula is C21H24N6O2. The van der Waals surface area contributed by atoms with Crippen LogP contribution in [-0.4, -0.2) is 43.1 Å². The topological polar surface area (TPSA) is 113 Å². The summed E-state index contributed by atoms with van der Waals surface area (Å²) in [5.41, 5.74) is 1.83. The maximum absolute atomic E-state index is 12.9. The maximum atomic E-state index is 12.9. The van der Waals surface area contributed by atoms with Crippen molar-refractivity contribution in [2.75, 3.05) is 10.6 Å². The van der Waals surface area contributed by atoms with Crippen LogP contribution < -0.4 is 10.6 Å². The minimum Gasteiger partial charge on any atom is -0.393 e. The first-order chi connectivity index (χ1) is 14.0. The number of aryl methyl sites for hydroxylation is 2. The molecule has 2 heterocycles. The number of aliphatic hydroxyl groups is 1. The second-order valence-electron chi connectivity index (χ2n) is 7.48. The van der Waals surface area contributed by atoms with Crippen LogP contribution in [0.1, 0.15) is 47.6 Å². The van der Waals surface area contributed by atoms with Gasteiger partial charge in [0, 0.05) is 29.4 Å². The number of nitrogens with zero attached hydrogens (tertiary/aromatic N) is 4. The summed E-state index contributed by atoms with van der Waals surface area (Å²) >= 11 is 0. The zero-order valence-electron chi connectivity index (χ0n) is 16.5. The van der Waals surface area contributed by atoms with Gasteiger partial charge in [0.25, 0.3) is 5.91 Å². The lowest BCUT2D eigenvalue weighted by Gasteiger charge is -2.26. The molecule has 0 atom stereocenters. The number of carbonyl (C=O) groups excluding carboxylic acids is 1. The number of anilines is 2. The van der Waals surface area contributed by atoms with E-state index in [0.717, 1.165) is 36.8 Å². The minimum absolute atomic E-state index is 0.213. The lowest BCUT2D eigenvalue weighted by atomic mass is 9.93. The van der Waals surface area contributed by atoms with Gasteiger partial charge in [-0.05, 0) is 45.6 Å². The molecule has 0 spiro atoms. The van der Waals surface area contributed by atoms with Crippen LogP contribution in [-0.2, 0) is 0 Å². The third-order valence-electron chi connectivity index (χ3n) is 5.09. The van der Waals surface area contributed by atoms with Gasteiger partial charge in [0.05, 0.1) is 17.2 Å². The smallest absolute Gasteiger partial charge is 0.259 e. The molecule has 1 fully saturated rings. The number of hydrogen-bond donors (Lipinski definition) is 3. The largest absolute Gasteiger partial charge is 0.393 e. The number of rotatable bonds is 4. The molecule has 2 aromatic heterocycles. The number of nitrogens with one attached hydrogen (secondary N) is 2. The molecule has 150 valence electrons. The molecule has 1 aromatic carbocycles. The van der Waals surface area contributed by atoms with E-state index in [0.29, 0.717) is 28.7 Å². The quantitative estimate of drug-likeness (QED) is 0.625. The molecule has 0 saturated heterocycles. The van der Waals surface area contributed by atoms with Crippen molar-refractivity contribution < 1.29 is 9.90 Å². The van der Waals surface area contributed by atoms with Gasteiger partial charge >= 0.3 is 0 Å². The Hall–Kier alpha value is -3.13. The molecule has 0 unspecified atom stereocenters. The molecule has 3 aromatic rings. The highest BCUT2D eigenvalue weighted by Crippen LogP contribution is 2.23. The maximum Gasteiger partial charge on any atom is 0.259 e. The number of fused-ring (bicyclic) bond motifs is 1. The van der Waals surface area contributed by atoms with Gasteiger partial charge < -0.3 is 15.7 Å². The van der Waals surface area contributed by atoms with Crippen LogP contribution in [0, 0.1) is 13.8 Å². The third-order valence-corrected chi connectivity index (χ3v) is 5.09. The van der Waals surface area contributed by atoms with Crippen LogP contribution in [0.25, 0.3) is 10.9 Å². The zero-order valence-corrected chi connectivity index (χ0v) is 16.5.